The Hall–Kier alpha value is -1.16. The summed E-state index contributed by atoms with van der Waals surface area (Å²) in [6.45, 7) is 0. The van der Waals surface area contributed by atoms with Crippen LogP contribution in [-0.2, 0) is 6.42 Å². The summed E-state index contributed by atoms with van der Waals surface area (Å²) < 4.78 is 27.2. The van der Waals surface area contributed by atoms with E-state index in [2.05, 4.69) is 5.32 Å². The van der Waals surface area contributed by atoms with Crippen LogP contribution in [0.3, 0.4) is 0 Å². The Bertz CT molecular complexity index is 617. The molecule has 0 bridgehead atoms. The third-order valence-electron chi connectivity index (χ3n) is 3.12. The van der Waals surface area contributed by atoms with Gasteiger partial charge in [-0.25, -0.2) is 8.78 Å². The molecule has 106 valence electrons. The predicted molar refractivity (Wildman–Crippen MR) is 78.3 cm³/mol. The van der Waals surface area contributed by atoms with Crippen LogP contribution in [0.1, 0.15) is 17.2 Å². The topological polar surface area (TPSA) is 12.0 Å². The normalized spacial score (nSPS) is 12.4. The van der Waals surface area contributed by atoms with E-state index in [1.54, 1.807) is 19.2 Å². The van der Waals surface area contributed by atoms with Crippen molar-refractivity contribution in [3.8, 4) is 0 Å². The second-order valence-corrected chi connectivity index (χ2v) is 5.29. The average molecular weight is 316 g/mol. The molecule has 0 aliphatic rings. The van der Waals surface area contributed by atoms with E-state index in [0.717, 1.165) is 0 Å². The van der Waals surface area contributed by atoms with Crippen molar-refractivity contribution in [3.63, 3.8) is 0 Å². The number of rotatable bonds is 4. The van der Waals surface area contributed by atoms with Gasteiger partial charge in [0.15, 0.2) is 0 Å². The van der Waals surface area contributed by atoms with Crippen LogP contribution in [0, 0.1) is 11.6 Å². The zero-order valence-corrected chi connectivity index (χ0v) is 12.3. The van der Waals surface area contributed by atoms with Crippen LogP contribution < -0.4 is 5.32 Å². The van der Waals surface area contributed by atoms with Gasteiger partial charge in [0.05, 0.1) is 0 Å². The van der Waals surface area contributed by atoms with E-state index in [1.807, 2.05) is 0 Å². The lowest BCUT2D eigenvalue weighted by Gasteiger charge is -2.18. The highest BCUT2D eigenvalue weighted by molar-refractivity contribution is 6.31. The first-order valence-electron chi connectivity index (χ1n) is 6.07. The Labute approximate surface area is 126 Å². The SMILES string of the molecule is CNC(Cc1cc(F)ccc1Cl)c1ccc(Cl)cc1F. The summed E-state index contributed by atoms with van der Waals surface area (Å²) in [6.07, 6.45) is 0.381. The van der Waals surface area contributed by atoms with Gasteiger partial charge in [0, 0.05) is 21.7 Å². The summed E-state index contributed by atoms with van der Waals surface area (Å²) >= 11 is 11.8. The lowest BCUT2D eigenvalue weighted by atomic mass is 9.98. The van der Waals surface area contributed by atoms with E-state index >= 15 is 0 Å². The lowest BCUT2D eigenvalue weighted by molar-refractivity contribution is 0.532. The molecule has 0 saturated carbocycles. The second-order valence-electron chi connectivity index (χ2n) is 4.45. The molecule has 2 rings (SSSR count). The Morgan fingerprint density at radius 2 is 1.85 bits per heavy atom. The minimum Gasteiger partial charge on any atom is -0.313 e. The zero-order valence-electron chi connectivity index (χ0n) is 10.8. The number of nitrogens with one attached hydrogen (secondary N) is 1. The maximum Gasteiger partial charge on any atom is 0.129 e. The number of benzene rings is 2. The summed E-state index contributed by atoms with van der Waals surface area (Å²) in [5.41, 5.74) is 1.09. The quantitative estimate of drug-likeness (QED) is 0.856. The molecule has 0 fully saturated rings. The van der Waals surface area contributed by atoms with E-state index < -0.39 is 5.82 Å². The van der Waals surface area contributed by atoms with Crippen LogP contribution in [0.5, 0.6) is 0 Å². The van der Waals surface area contributed by atoms with Gasteiger partial charge in [-0.2, -0.15) is 0 Å². The molecule has 0 aromatic heterocycles. The van der Waals surface area contributed by atoms with Gasteiger partial charge in [0.1, 0.15) is 11.6 Å². The molecule has 5 heteroatoms. The van der Waals surface area contributed by atoms with Crippen LogP contribution >= 0.6 is 23.2 Å². The Balaban J connectivity index is 2.31. The van der Waals surface area contributed by atoms with Gasteiger partial charge in [-0.1, -0.05) is 29.3 Å². The molecule has 0 heterocycles. The van der Waals surface area contributed by atoms with Crippen LogP contribution in [0.2, 0.25) is 10.0 Å². The van der Waals surface area contributed by atoms with E-state index in [1.165, 1.54) is 24.3 Å². The average Bonchev–Trinajstić information content (AvgIpc) is 2.40. The first-order valence-corrected chi connectivity index (χ1v) is 6.83. The summed E-state index contributed by atoms with van der Waals surface area (Å²) in [6, 6.07) is 8.34. The molecule has 0 aliphatic carbocycles. The number of hydrogen-bond acceptors (Lipinski definition) is 1. The van der Waals surface area contributed by atoms with Crippen molar-refractivity contribution in [2.24, 2.45) is 0 Å². The Morgan fingerprint density at radius 1 is 1.10 bits per heavy atom. The summed E-state index contributed by atoms with van der Waals surface area (Å²) in [4.78, 5) is 0. The summed E-state index contributed by atoms with van der Waals surface area (Å²) in [5.74, 6) is -0.764. The van der Waals surface area contributed by atoms with Crippen LogP contribution in [0.15, 0.2) is 36.4 Å². The van der Waals surface area contributed by atoms with Gasteiger partial charge in [0.25, 0.3) is 0 Å². The first kappa shape index (κ1) is 15.2. The molecule has 1 N–H and O–H groups in total. The molecule has 2 aromatic rings. The number of hydrogen-bond donors (Lipinski definition) is 1. The standard InChI is InChI=1S/C15H13Cl2F2N/c1-20-15(12-4-2-10(16)8-14(12)19)7-9-6-11(18)3-5-13(9)17/h2-6,8,15,20H,7H2,1H3. The third-order valence-corrected chi connectivity index (χ3v) is 3.72. The van der Waals surface area contributed by atoms with Crippen LogP contribution in [0.25, 0.3) is 0 Å². The lowest BCUT2D eigenvalue weighted by Crippen LogP contribution is -2.20. The molecule has 20 heavy (non-hydrogen) atoms. The predicted octanol–water partition coefficient (Wildman–Crippen LogP) is 4.77. The molecular weight excluding hydrogens is 303 g/mol. The molecule has 1 nitrogen and oxygen atoms in total. The number of halogens is 4. The molecular formula is C15H13Cl2F2N. The van der Waals surface area contributed by atoms with Crippen molar-refractivity contribution in [1.82, 2.24) is 5.32 Å². The van der Waals surface area contributed by atoms with Gasteiger partial charge in [0.2, 0.25) is 0 Å². The van der Waals surface area contributed by atoms with E-state index in [4.69, 9.17) is 23.2 Å². The van der Waals surface area contributed by atoms with E-state index in [9.17, 15) is 8.78 Å². The van der Waals surface area contributed by atoms with Gasteiger partial charge in [-0.15, -0.1) is 0 Å². The van der Waals surface area contributed by atoms with Crippen LogP contribution in [-0.4, -0.2) is 7.05 Å². The van der Waals surface area contributed by atoms with Crippen molar-refractivity contribution < 1.29 is 8.78 Å². The largest absolute Gasteiger partial charge is 0.313 e. The maximum atomic E-state index is 13.9. The van der Waals surface area contributed by atoms with Gasteiger partial charge < -0.3 is 5.32 Å². The number of likely N-dealkylation sites (N-methyl/N-ethyl adjacent to an activating group) is 1. The molecule has 0 radical (unpaired) electrons. The molecule has 1 atom stereocenters. The van der Waals surface area contributed by atoms with Crippen molar-refractivity contribution in [3.05, 3.63) is 69.2 Å². The minimum atomic E-state index is -0.399. The summed E-state index contributed by atoms with van der Waals surface area (Å²) in [7, 11) is 1.71. The molecule has 1 unspecified atom stereocenters. The Kier molecular flexibility index (Phi) is 4.97. The molecule has 0 amide bonds. The van der Waals surface area contributed by atoms with E-state index in [-0.39, 0.29) is 11.9 Å². The monoisotopic (exact) mass is 315 g/mol. The molecule has 2 aromatic carbocycles. The Morgan fingerprint density at radius 3 is 2.50 bits per heavy atom. The second kappa shape index (κ2) is 6.53. The fourth-order valence-corrected chi connectivity index (χ4v) is 2.42. The van der Waals surface area contributed by atoms with Gasteiger partial charge in [-0.3, -0.25) is 0 Å². The highest BCUT2D eigenvalue weighted by Gasteiger charge is 2.16. The summed E-state index contributed by atoms with van der Waals surface area (Å²) in [5, 5.41) is 3.81. The van der Waals surface area contributed by atoms with Crippen molar-refractivity contribution in [1.29, 1.82) is 0 Å². The third kappa shape index (κ3) is 3.48. The van der Waals surface area contributed by atoms with Crippen molar-refractivity contribution in [2.75, 3.05) is 7.05 Å². The molecule has 0 aliphatic heterocycles. The minimum absolute atomic E-state index is 0.313. The van der Waals surface area contributed by atoms with Gasteiger partial charge >= 0.3 is 0 Å². The first-order chi connectivity index (χ1) is 9.51. The molecule has 0 saturated heterocycles. The fourth-order valence-electron chi connectivity index (χ4n) is 2.07. The van der Waals surface area contributed by atoms with E-state index in [0.29, 0.717) is 27.6 Å². The van der Waals surface area contributed by atoms with Crippen molar-refractivity contribution in [2.45, 2.75) is 12.5 Å². The fraction of sp³-hybridized carbons (Fsp3) is 0.200. The highest BCUT2D eigenvalue weighted by atomic mass is 35.5. The zero-order chi connectivity index (χ0) is 14.7. The van der Waals surface area contributed by atoms with Gasteiger partial charge in [-0.05, 0) is 49.4 Å². The van der Waals surface area contributed by atoms with Crippen molar-refractivity contribution >= 4 is 23.2 Å². The highest BCUT2D eigenvalue weighted by Crippen LogP contribution is 2.27. The van der Waals surface area contributed by atoms with Crippen LogP contribution in [0.4, 0.5) is 8.78 Å². The smallest absolute Gasteiger partial charge is 0.129 e. The molecule has 0 spiro atoms. The maximum absolute atomic E-state index is 13.9.